The average molecular weight is 520 g/mol. The number of rotatable bonds is 5. The van der Waals surface area contributed by atoms with E-state index in [2.05, 4.69) is 15.1 Å². The lowest BCUT2D eigenvalue weighted by Gasteiger charge is -2.12. The molecule has 11 heteroatoms. The van der Waals surface area contributed by atoms with Crippen LogP contribution < -0.4 is 5.56 Å². The number of hydrogen-bond donors (Lipinski definition) is 2. The zero-order chi connectivity index (χ0) is 26.0. The zero-order valence-corrected chi connectivity index (χ0v) is 20.4. The van der Waals surface area contributed by atoms with Gasteiger partial charge < -0.3 is 19.1 Å². The molecule has 37 heavy (non-hydrogen) atoms. The summed E-state index contributed by atoms with van der Waals surface area (Å²) in [7, 11) is 0. The number of fused-ring (bicyclic) bond motifs is 4. The van der Waals surface area contributed by atoms with Gasteiger partial charge in [-0.3, -0.25) is 4.79 Å². The van der Waals surface area contributed by atoms with Gasteiger partial charge in [0.2, 0.25) is 0 Å². The summed E-state index contributed by atoms with van der Waals surface area (Å²) < 4.78 is 23.9. The lowest BCUT2D eigenvalue weighted by Crippen LogP contribution is -2.14. The van der Waals surface area contributed by atoms with Gasteiger partial charge in [0, 0.05) is 28.8 Å². The number of pyridine rings is 2. The maximum atomic E-state index is 15.1. The quantitative estimate of drug-likeness (QED) is 0.286. The standard InChI is InChI=1S/C26H19ClFN5O4/c1-12(2)33-24-13(10-30-33)8-14(23(27)31-24)11-32-18-9-17(28)15-5-7-37-22(15)20(18)19(21(32)26(35)36)16-4-3-6-29-25(16)34/h3-10,12H,11H2,1-2H3,(H,29,34)(H,35,36). The van der Waals surface area contributed by atoms with Gasteiger partial charge in [-0.25, -0.2) is 18.9 Å². The van der Waals surface area contributed by atoms with Crippen molar-refractivity contribution in [1.29, 1.82) is 0 Å². The third-order valence-electron chi connectivity index (χ3n) is 6.42. The Kier molecular flexibility index (Phi) is 5.16. The van der Waals surface area contributed by atoms with Gasteiger partial charge in [-0.2, -0.15) is 5.10 Å². The van der Waals surface area contributed by atoms with Crippen molar-refractivity contribution in [3.63, 3.8) is 0 Å². The van der Waals surface area contributed by atoms with Gasteiger partial charge in [0.25, 0.3) is 5.56 Å². The molecule has 2 N–H and O–H groups in total. The van der Waals surface area contributed by atoms with Crippen molar-refractivity contribution in [1.82, 2.24) is 24.3 Å². The van der Waals surface area contributed by atoms with Crippen molar-refractivity contribution in [3.8, 4) is 11.1 Å². The number of H-pyrrole nitrogens is 1. The van der Waals surface area contributed by atoms with Gasteiger partial charge in [0.05, 0.1) is 40.9 Å². The van der Waals surface area contributed by atoms with Gasteiger partial charge >= 0.3 is 5.97 Å². The third kappa shape index (κ3) is 3.44. The fraction of sp³-hybridized carbons (Fsp3) is 0.154. The molecule has 0 radical (unpaired) electrons. The summed E-state index contributed by atoms with van der Waals surface area (Å²) in [5, 5.41) is 16.1. The van der Waals surface area contributed by atoms with Crippen molar-refractivity contribution < 1.29 is 18.7 Å². The highest BCUT2D eigenvalue weighted by atomic mass is 35.5. The minimum Gasteiger partial charge on any atom is -0.477 e. The largest absolute Gasteiger partial charge is 0.477 e. The Morgan fingerprint density at radius 3 is 2.84 bits per heavy atom. The Hall–Kier alpha value is -4.44. The number of nitrogens with one attached hydrogen (secondary N) is 1. The molecule has 0 saturated carbocycles. The molecule has 0 atom stereocenters. The Labute approximate surface area is 212 Å². The van der Waals surface area contributed by atoms with E-state index in [-0.39, 0.29) is 51.0 Å². The maximum absolute atomic E-state index is 15.1. The Bertz CT molecular complexity index is 1930. The monoisotopic (exact) mass is 519 g/mol. The number of halogens is 2. The first-order valence-corrected chi connectivity index (χ1v) is 11.8. The molecule has 5 aromatic heterocycles. The van der Waals surface area contributed by atoms with E-state index in [1.807, 2.05) is 13.8 Å². The van der Waals surface area contributed by atoms with E-state index in [9.17, 15) is 14.7 Å². The lowest BCUT2D eigenvalue weighted by molar-refractivity contribution is 0.0687. The SMILES string of the molecule is CC(C)n1ncc2cc(Cn3c(C(=O)O)c(-c4ccc[nH]c4=O)c4c5occc5c(F)cc43)c(Cl)nc21. The zero-order valence-electron chi connectivity index (χ0n) is 19.6. The van der Waals surface area contributed by atoms with Gasteiger partial charge in [-0.05, 0) is 44.2 Å². The molecule has 0 spiro atoms. The van der Waals surface area contributed by atoms with E-state index in [0.717, 1.165) is 5.39 Å². The number of aromatic amines is 1. The summed E-state index contributed by atoms with van der Waals surface area (Å²) >= 11 is 6.57. The van der Waals surface area contributed by atoms with E-state index >= 15 is 4.39 Å². The first kappa shape index (κ1) is 23.0. The van der Waals surface area contributed by atoms with Crippen LogP contribution in [0, 0.1) is 5.82 Å². The molecule has 0 fully saturated rings. The number of hydrogen-bond acceptors (Lipinski definition) is 5. The predicted octanol–water partition coefficient (Wildman–Crippen LogP) is 5.61. The van der Waals surface area contributed by atoms with E-state index in [1.54, 1.807) is 23.0 Å². The topological polar surface area (TPSA) is 119 Å². The Morgan fingerprint density at radius 1 is 1.30 bits per heavy atom. The molecule has 186 valence electrons. The molecule has 0 unspecified atom stereocenters. The predicted molar refractivity (Wildman–Crippen MR) is 137 cm³/mol. The number of carboxylic acid groups (broad SMARTS) is 1. The molecule has 9 nitrogen and oxygen atoms in total. The summed E-state index contributed by atoms with van der Waals surface area (Å²) in [5.74, 6) is -1.88. The van der Waals surface area contributed by atoms with Gasteiger partial charge in [-0.1, -0.05) is 11.6 Å². The van der Waals surface area contributed by atoms with E-state index in [1.165, 1.54) is 35.2 Å². The molecule has 0 aliphatic heterocycles. The number of aromatic nitrogens is 5. The van der Waals surface area contributed by atoms with Crippen LogP contribution in [0.2, 0.25) is 5.15 Å². The van der Waals surface area contributed by atoms with Gasteiger partial charge in [0.1, 0.15) is 22.2 Å². The minimum absolute atomic E-state index is 0.0524. The molecule has 0 aliphatic carbocycles. The summed E-state index contributed by atoms with van der Waals surface area (Å²) in [4.78, 5) is 32.6. The van der Waals surface area contributed by atoms with E-state index in [4.69, 9.17) is 16.0 Å². The van der Waals surface area contributed by atoms with E-state index in [0.29, 0.717) is 16.6 Å². The molecular weight excluding hydrogens is 501 g/mol. The van der Waals surface area contributed by atoms with Crippen LogP contribution >= 0.6 is 11.6 Å². The second-order valence-corrected chi connectivity index (χ2v) is 9.34. The van der Waals surface area contributed by atoms with Crippen molar-refractivity contribution in [3.05, 3.63) is 81.6 Å². The van der Waals surface area contributed by atoms with Crippen LogP contribution in [0.1, 0.15) is 35.9 Å². The highest BCUT2D eigenvalue weighted by molar-refractivity contribution is 6.30. The Morgan fingerprint density at radius 2 is 2.11 bits per heavy atom. The highest BCUT2D eigenvalue weighted by Gasteiger charge is 2.29. The highest BCUT2D eigenvalue weighted by Crippen LogP contribution is 2.40. The van der Waals surface area contributed by atoms with Crippen molar-refractivity contribution in [2.24, 2.45) is 0 Å². The summed E-state index contributed by atoms with van der Waals surface area (Å²) in [6, 6.07) is 7.66. The average Bonchev–Trinajstić information content (AvgIpc) is 3.56. The third-order valence-corrected chi connectivity index (χ3v) is 6.75. The normalized spacial score (nSPS) is 11.9. The van der Waals surface area contributed by atoms with Crippen molar-refractivity contribution in [2.45, 2.75) is 26.4 Å². The van der Waals surface area contributed by atoms with Crippen molar-refractivity contribution in [2.75, 3.05) is 0 Å². The summed E-state index contributed by atoms with van der Waals surface area (Å²) in [6.45, 7) is 3.89. The second kappa shape index (κ2) is 8.31. The molecule has 0 amide bonds. The number of aromatic carboxylic acids is 1. The van der Waals surface area contributed by atoms with Crippen LogP contribution in [-0.4, -0.2) is 35.4 Å². The molecule has 6 rings (SSSR count). The van der Waals surface area contributed by atoms with Crippen LogP contribution in [-0.2, 0) is 6.54 Å². The second-order valence-electron chi connectivity index (χ2n) is 8.98. The van der Waals surface area contributed by atoms with Gasteiger partial charge in [0.15, 0.2) is 5.65 Å². The molecular formula is C26H19ClFN5O4. The number of carbonyl (C=O) groups is 1. The molecule has 1 aromatic carbocycles. The number of carboxylic acids is 1. The smallest absolute Gasteiger partial charge is 0.353 e. The summed E-state index contributed by atoms with van der Waals surface area (Å²) in [6.07, 6.45) is 4.44. The van der Waals surface area contributed by atoms with Crippen LogP contribution in [0.3, 0.4) is 0 Å². The molecule has 6 aromatic rings. The minimum atomic E-state index is -1.30. The molecule has 0 aliphatic rings. The van der Waals surface area contributed by atoms with Crippen LogP contribution in [0.5, 0.6) is 0 Å². The number of furan rings is 1. The van der Waals surface area contributed by atoms with Crippen molar-refractivity contribution >= 4 is 50.5 Å². The fourth-order valence-electron chi connectivity index (χ4n) is 4.83. The number of nitrogens with zero attached hydrogens (tertiary/aromatic N) is 4. The first-order valence-electron chi connectivity index (χ1n) is 11.4. The fourth-order valence-corrected chi connectivity index (χ4v) is 5.03. The Balaban J connectivity index is 1.69. The number of benzene rings is 1. The van der Waals surface area contributed by atoms with Crippen LogP contribution in [0.25, 0.3) is 44.0 Å². The molecule has 0 saturated heterocycles. The molecule has 5 heterocycles. The van der Waals surface area contributed by atoms with Crippen LogP contribution in [0.15, 0.2) is 58.2 Å². The molecule has 0 bridgehead atoms. The van der Waals surface area contributed by atoms with Gasteiger partial charge in [-0.15, -0.1) is 0 Å². The first-order chi connectivity index (χ1) is 17.8. The summed E-state index contributed by atoms with van der Waals surface area (Å²) in [5.41, 5.74) is 1.04. The van der Waals surface area contributed by atoms with Crippen LogP contribution in [0.4, 0.5) is 4.39 Å². The van der Waals surface area contributed by atoms with E-state index < -0.39 is 17.3 Å². The lowest BCUT2D eigenvalue weighted by atomic mass is 10.0. The maximum Gasteiger partial charge on any atom is 0.353 e.